The van der Waals surface area contributed by atoms with E-state index in [1.54, 1.807) is 10.6 Å². The summed E-state index contributed by atoms with van der Waals surface area (Å²) < 4.78 is 2.49. The summed E-state index contributed by atoms with van der Waals surface area (Å²) in [5.74, 6) is 0. The van der Waals surface area contributed by atoms with E-state index in [1.165, 1.54) is 61.3 Å². The first-order chi connectivity index (χ1) is 7.43. The minimum absolute atomic E-state index is 1.21. The lowest BCUT2D eigenvalue weighted by Gasteiger charge is -2.10. The molecule has 0 aromatic carbocycles. The smallest absolute Gasteiger partial charge is 0.194 e. The number of rotatable bonds is 0. The molecule has 0 bridgehead atoms. The van der Waals surface area contributed by atoms with Gasteiger partial charge in [0.25, 0.3) is 0 Å². The monoisotopic (exact) mass is 218 g/mol. The van der Waals surface area contributed by atoms with E-state index < -0.39 is 0 Å². The Morgan fingerprint density at radius 1 is 0.933 bits per heavy atom. The van der Waals surface area contributed by atoms with Gasteiger partial charge in [-0.3, -0.25) is 4.40 Å². The Morgan fingerprint density at radius 2 is 1.80 bits per heavy atom. The molecule has 15 heavy (non-hydrogen) atoms. The SMILES string of the molecule is C1CCc2c(nc3sc4c(n23)CCC4)C1. The number of aryl methyl sites for hydroxylation is 4. The molecule has 2 aromatic rings. The van der Waals surface area contributed by atoms with E-state index in [0.29, 0.717) is 0 Å². The van der Waals surface area contributed by atoms with Crippen LogP contribution in [0.2, 0.25) is 0 Å². The molecule has 0 unspecified atom stereocenters. The molecule has 0 atom stereocenters. The number of aromatic nitrogens is 2. The maximum Gasteiger partial charge on any atom is 0.194 e. The van der Waals surface area contributed by atoms with Gasteiger partial charge in [-0.25, -0.2) is 4.98 Å². The average molecular weight is 218 g/mol. The normalized spacial score (nSPS) is 19.5. The van der Waals surface area contributed by atoms with Gasteiger partial charge in [0.15, 0.2) is 4.96 Å². The number of hydrogen-bond donors (Lipinski definition) is 0. The fourth-order valence-corrected chi connectivity index (χ4v) is 4.26. The third-order valence-corrected chi connectivity index (χ3v) is 4.87. The first-order valence-corrected chi connectivity index (χ1v) is 6.76. The molecule has 0 radical (unpaired) electrons. The van der Waals surface area contributed by atoms with Crippen molar-refractivity contribution in [3.63, 3.8) is 0 Å². The summed E-state index contributed by atoms with van der Waals surface area (Å²) in [6, 6.07) is 0. The number of imidazole rings is 1. The predicted molar refractivity (Wildman–Crippen MR) is 61.7 cm³/mol. The molecule has 2 aliphatic carbocycles. The van der Waals surface area contributed by atoms with Gasteiger partial charge in [0.2, 0.25) is 0 Å². The van der Waals surface area contributed by atoms with Crippen LogP contribution in [0.25, 0.3) is 4.96 Å². The molecule has 0 N–H and O–H groups in total. The van der Waals surface area contributed by atoms with Gasteiger partial charge in [0, 0.05) is 16.3 Å². The van der Waals surface area contributed by atoms with Gasteiger partial charge < -0.3 is 0 Å². The molecule has 4 rings (SSSR count). The quantitative estimate of drug-likeness (QED) is 0.664. The zero-order valence-corrected chi connectivity index (χ0v) is 9.57. The topological polar surface area (TPSA) is 17.3 Å². The van der Waals surface area contributed by atoms with E-state index in [9.17, 15) is 0 Å². The minimum atomic E-state index is 1.21. The van der Waals surface area contributed by atoms with Crippen molar-refractivity contribution in [2.45, 2.75) is 44.9 Å². The highest BCUT2D eigenvalue weighted by molar-refractivity contribution is 7.17. The van der Waals surface area contributed by atoms with Crippen LogP contribution >= 0.6 is 11.3 Å². The number of fused-ring (bicyclic) bond motifs is 5. The van der Waals surface area contributed by atoms with Crippen molar-refractivity contribution in [3.8, 4) is 0 Å². The molecule has 0 fully saturated rings. The van der Waals surface area contributed by atoms with Crippen LogP contribution < -0.4 is 0 Å². The standard InChI is InChI=1S/C12H14N2S/c1-2-5-9-8(4-1)13-12-14(9)10-6-3-7-11(10)15-12/h1-7H2. The molecule has 78 valence electrons. The van der Waals surface area contributed by atoms with Crippen molar-refractivity contribution in [2.75, 3.05) is 0 Å². The van der Waals surface area contributed by atoms with Crippen LogP contribution in [0.5, 0.6) is 0 Å². The van der Waals surface area contributed by atoms with Crippen molar-refractivity contribution in [1.82, 2.24) is 9.38 Å². The molecule has 2 heterocycles. The van der Waals surface area contributed by atoms with Crippen molar-refractivity contribution < 1.29 is 0 Å². The lowest BCUT2D eigenvalue weighted by molar-refractivity contribution is 0.656. The third kappa shape index (κ3) is 1.02. The molecule has 2 aliphatic rings. The molecular weight excluding hydrogens is 204 g/mol. The van der Waals surface area contributed by atoms with Gasteiger partial charge in [0.05, 0.1) is 5.69 Å². The number of thiazole rings is 1. The van der Waals surface area contributed by atoms with Crippen LogP contribution in [-0.2, 0) is 25.7 Å². The molecule has 0 saturated heterocycles. The van der Waals surface area contributed by atoms with Gasteiger partial charge in [0.1, 0.15) is 0 Å². The summed E-state index contributed by atoms with van der Waals surface area (Å²) in [5.41, 5.74) is 4.52. The number of hydrogen-bond acceptors (Lipinski definition) is 2. The Balaban J connectivity index is 2.06. The Kier molecular flexibility index (Phi) is 1.58. The Hall–Kier alpha value is -0.830. The summed E-state index contributed by atoms with van der Waals surface area (Å²) in [7, 11) is 0. The van der Waals surface area contributed by atoms with Crippen LogP contribution in [0.4, 0.5) is 0 Å². The summed E-state index contributed by atoms with van der Waals surface area (Å²) in [4.78, 5) is 7.67. The van der Waals surface area contributed by atoms with E-state index in [-0.39, 0.29) is 0 Å². The molecular formula is C12H14N2S. The van der Waals surface area contributed by atoms with Crippen LogP contribution in [0.15, 0.2) is 0 Å². The third-order valence-electron chi connectivity index (χ3n) is 3.73. The van der Waals surface area contributed by atoms with Crippen molar-refractivity contribution >= 4 is 16.3 Å². The second-order valence-electron chi connectivity index (χ2n) is 4.66. The Labute approximate surface area is 93.0 Å². The Morgan fingerprint density at radius 3 is 2.80 bits per heavy atom. The summed E-state index contributed by atoms with van der Waals surface area (Å²) in [6.45, 7) is 0. The first kappa shape index (κ1) is 8.34. The molecule has 0 amide bonds. The largest absolute Gasteiger partial charge is 0.291 e. The summed E-state index contributed by atoms with van der Waals surface area (Å²) >= 11 is 1.93. The van der Waals surface area contributed by atoms with Crippen LogP contribution in [-0.4, -0.2) is 9.38 Å². The van der Waals surface area contributed by atoms with E-state index in [4.69, 9.17) is 4.98 Å². The Bertz CT molecular complexity index is 535. The van der Waals surface area contributed by atoms with Crippen LogP contribution in [0.1, 0.15) is 41.2 Å². The maximum atomic E-state index is 4.80. The molecule has 3 heteroatoms. The molecule has 2 nitrogen and oxygen atoms in total. The lowest BCUT2D eigenvalue weighted by Crippen LogP contribution is -2.05. The van der Waals surface area contributed by atoms with E-state index in [0.717, 1.165) is 0 Å². The summed E-state index contributed by atoms with van der Waals surface area (Å²) in [6.07, 6.45) is 9.06. The van der Waals surface area contributed by atoms with Gasteiger partial charge in [-0.15, -0.1) is 11.3 Å². The zero-order valence-electron chi connectivity index (χ0n) is 8.75. The minimum Gasteiger partial charge on any atom is -0.291 e. The lowest BCUT2D eigenvalue weighted by atomic mass is 10.0. The summed E-state index contributed by atoms with van der Waals surface area (Å²) in [5, 5.41) is 0. The maximum absolute atomic E-state index is 4.80. The predicted octanol–water partition coefficient (Wildman–Crippen LogP) is 2.76. The zero-order chi connectivity index (χ0) is 9.83. The van der Waals surface area contributed by atoms with Crippen molar-refractivity contribution in [2.24, 2.45) is 0 Å². The molecule has 0 aliphatic heterocycles. The fourth-order valence-electron chi connectivity index (χ4n) is 3.02. The van der Waals surface area contributed by atoms with Crippen molar-refractivity contribution in [3.05, 3.63) is 22.0 Å². The van der Waals surface area contributed by atoms with Gasteiger partial charge in [-0.1, -0.05) is 0 Å². The number of nitrogens with zero attached hydrogens (tertiary/aromatic N) is 2. The van der Waals surface area contributed by atoms with Gasteiger partial charge in [-0.2, -0.15) is 0 Å². The van der Waals surface area contributed by atoms with E-state index >= 15 is 0 Å². The van der Waals surface area contributed by atoms with Crippen LogP contribution in [0.3, 0.4) is 0 Å². The second kappa shape index (κ2) is 2.85. The molecule has 0 spiro atoms. The molecule has 2 aromatic heterocycles. The fraction of sp³-hybridized carbons (Fsp3) is 0.583. The highest BCUT2D eigenvalue weighted by atomic mass is 32.1. The highest BCUT2D eigenvalue weighted by Crippen LogP contribution is 2.34. The van der Waals surface area contributed by atoms with Gasteiger partial charge >= 0.3 is 0 Å². The van der Waals surface area contributed by atoms with Gasteiger partial charge in [-0.05, 0) is 44.9 Å². The van der Waals surface area contributed by atoms with Crippen molar-refractivity contribution in [1.29, 1.82) is 0 Å². The van der Waals surface area contributed by atoms with E-state index in [1.807, 2.05) is 11.3 Å². The van der Waals surface area contributed by atoms with E-state index in [2.05, 4.69) is 4.40 Å². The molecule has 0 saturated carbocycles. The second-order valence-corrected chi connectivity index (χ2v) is 5.72. The van der Waals surface area contributed by atoms with Crippen LogP contribution in [0, 0.1) is 0 Å². The first-order valence-electron chi connectivity index (χ1n) is 5.94. The average Bonchev–Trinajstić information content (AvgIpc) is 2.85. The highest BCUT2D eigenvalue weighted by Gasteiger charge is 2.24.